The Balaban J connectivity index is 1.69. The van der Waals surface area contributed by atoms with Crippen LogP contribution in [0.2, 0.25) is 0 Å². The SMILES string of the molecule is CCOC(=O)c1ccc(C2OC3(CCCC3)c3c4c(nc(C(C)C)c32)CC(C)(C)CC4[OH2+])cc1. The fraction of sp³-hybridized carbons (Fsp3) is 0.586. The second-order valence-corrected chi connectivity index (χ2v) is 11.4. The van der Waals surface area contributed by atoms with Crippen LogP contribution in [-0.2, 0) is 21.5 Å². The van der Waals surface area contributed by atoms with E-state index in [0.29, 0.717) is 12.2 Å². The highest BCUT2D eigenvalue weighted by molar-refractivity contribution is 5.89. The van der Waals surface area contributed by atoms with Gasteiger partial charge in [-0.05, 0) is 55.2 Å². The number of carbonyl (C=O) groups is 1. The van der Waals surface area contributed by atoms with E-state index in [0.717, 1.165) is 61.0 Å². The predicted octanol–water partition coefficient (Wildman–Crippen LogP) is 6.01. The fourth-order valence-corrected chi connectivity index (χ4v) is 6.47. The molecule has 2 unspecified atom stereocenters. The van der Waals surface area contributed by atoms with Gasteiger partial charge in [0.25, 0.3) is 0 Å². The third-order valence-corrected chi connectivity index (χ3v) is 7.88. The maximum Gasteiger partial charge on any atom is 0.338 e. The first kappa shape index (κ1) is 23.5. The number of pyridine rings is 1. The molecule has 1 aromatic heterocycles. The van der Waals surface area contributed by atoms with Crippen LogP contribution in [0.5, 0.6) is 0 Å². The molecule has 5 heteroatoms. The van der Waals surface area contributed by atoms with Crippen molar-refractivity contribution in [2.24, 2.45) is 5.41 Å². The Hall–Kier alpha value is -2.24. The van der Waals surface area contributed by atoms with Gasteiger partial charge in [0.15, 0.2) is 6.10 Å². The van der Waals surface area contributed by atoms with Crippen molar-refractivity contribution in [2.45, 2.75) is 96.9 Å². The van der Waals surface area contributed by atoms with Gasteiger partial charge in [0, 0.05) is 23.2 Å². The minimum Gasteiger partial charge on any atom is -0.462 e. The topological polar surface area (TPSA) is 71.3 Å². The minimum absolute atomic E-state index is 0.0829. The highest BCUT2D eigenvalue weighted by Gasteiger charge is 2.53. The molecular formula is C29H38NO4+. The summed E-state index contributed by atoms with van der Waals surface area (Å²) in [4.78, 5) is 17.4. The van der Waals surface area contributed by atoms with Gasteiger partial charge in [0.2, 0.25) is 0 Å². The van der Waals surface area contributed by atoms with E-state index in [9.17, 15) is 4.79 Å². The molecule has 2 aliphatic carbocycles. The van der Waals surface area contributed by atoms with Crippen LogP contribution in [0.25, 0.3) is 0 Å². The lowest BCUT2D eigenvalue weighted by atomic mass is 9.70. The lowest BCUT2D eigenvalue weighted by Gasteiger charge is -2.36. The number of hydrogen-bond donors (Lipinski definition) is 0. The van der Waals surface area contributed by atoms with Crippen molar-refractivity contribution in [3.8, 4) is 0 Å². The molecule has 1 aromatic carbocycles. The third kappa shape index (κ3) is 3.77. The Morgan fingerprint density at radius 3 is 2.47 bits per heavy atom. The summed E-state index contributed by atoms with van der Waals surface area (Å²) >= 11 is 0. The molecule has 0 bridgehead atoms. The van der Waals surface area contributed by atoms with E-state index in [1.807, 2.05) is 31.2 Å². The largest absolute Gasteiger partial charge is 0.462 e. The van der Waals surface area contributed by atoms with Crippen molar-refractivity contribution < 1.29 is 19.4 Å². The van der Waals surface area contributed by atoms with Crippen molar-refractivity contribution in [2.75, 3.05) is 6.61 Å². The van der Waals surface area contributed by atoms with Gasteiger partial charge in [-0.25, -0.2) is 4.79 Å². The van der Waals surface area contributed by atoms with Crippen LogP contribution in [0.15, 0.2) is 24.3 Å². The first-order valence-corrected chi connectivity index (χ1v) is 12.9. The maximum atomic E-state index is 12.2. The van der Waals surface area contributed by atoms with Crippen molar-refractivity contribution in [1.82, 2.24) is 4.98 Å². The summed E-state index contributed by atoms with van der Waals surface area (Å²) in [6, 6.07) is 7.68. The normalized spacial score (nSPS) is 24.3. The molecule has 1 spiro atoms. The number of nitrogens with zero attached hydrogens (tertiary/aromatic N) is 1. The molecule has 1 saturated carbocycles. The molecule has 182 valence electrons. The summed E-state index contributed by atoms with van der Waals surface area (Å²) in [7, 11) is 0. The third-order valence-electron chi connectivity index (χ3n) is 7.88. The van der Waals surface area contributed by atoms with Gasteiger partial charge in [-0.15, -0.1) is 0 Å². The summed E-state index contributed by atoms with van der Waals surface area (Å²) in [6.07, 6.45) is 5.58. The molecule has 3 aliphatic rings. The zero-order chi connectivity index (χ0) is 24.3. The zero-order valence-corrected chi connectivity index (χ0v) is 21.2. The van der Waals surface area contributed by atoms with Gasteiger partial charge in [0.1, 0.15) is 6.10 Å². The van der Waals surface area contributed by atoms with Crippen molar-refractivity contribution in [1.29, 1.82) is 0 Å². The molecule has 5 nitrogen and oxygen atoms in total. The number of ether oxygens (including phenoxy) is 2. The van der Waals surface area contributed by atoms with E-state index in [2.05, 4.69) is 27.7 Å². The number of aromatic nitrogens is 1. The number of hydrogen-bond acceptors (Lipinski definition) is 4. The van der Waals surface area contributed by atoms with E-state index in [-0.39, 0.29) is 35.1 Å². The van der Waals surface area contributed by atoms with Crippen LogP contribution >= 0.6 is 0 Å². The van der Waals surface area contributed by atoms with Gasteiger partial charge in [-0.3, -0.25) is 4.98 Å². The van der Waals surface area contributed by atoms with E-state index in [4.69, 9.17) is 19.6 Å². The first-order valence-electron chi connectivity index (χ1n) is 12.9. The zero-order valence-electron chi connectivity index (χ0n) is 21.2. The highest BCUT2D eigenvalue weighted by atomic mass is 16.5. The Kier molecular flexibility index (Phi) is 5.84. The van der Waals surface area contributed by atoms with Crippen LogP contribution in [0.3, 0.4) is 0 Å². The monoisotopic (exact) mass is 464 g/mol. The summed E-state index contributed by atoms with van der Waals surface area (Å²) in [5, 5.41) is 9.14. The minimum atomic E-state index is -0.322. The molecule has 0 radical (unpaired) electrons. The van der Waals surface area contributed by atoms with E-state index in [1.165, 1.54) is 11.1 Å². The average molecular weight is 465 g/mol. The predicted molar refractivity (Wildman–Crippen MR) is 132 cm³/mol. The smallest absolute Gasteiger partial charge is 0.338 e. The fourth-order valence-electron chi connectivity index (χ4n) is 6.47. The average Bonchev–Trinajstić information content (AvgIpc) is 3.38. The maximum absolute atomic E-state index is 12.2. The molecular weight excluding hydrogens is 426 g/mol. The van der Waals surface area contributed by atoms with Crippen LogP contribution in [-0.4, -0.2) is 22.7 Å². The summed E-state index contributed by atoms with van der Waals surface area (Å²) in [5.74, 6) is -0.0398. The molecule has 2 heterocycles. The van der Waals surface area contributed by atoms with Crippen LogP contribution < -0.4 is 0 Å². The van der Waals surface area contributed by atoms with E-state index < -0.39 is 0 Å². The van der Waals surface area contributed by atoms with Gasteiger partial charge >= 0.3 is 5.97 Å². The van der Waals surface area contributed by atoms with E-state index >= 15 is 0 Å². The number of rotatable bonds is 4. The number of esters is 1. The lowest BCUT2D eigenvalue weighted by molar-refractivity contribution is -0.0580. The molecule has 34 heavy (non-hydrogen) atoms. The van der Waals surface area contributed by atoms with E-state index in [1.54, 1.807) is 0 Å². The molecule has 1 aliphatic heterocycles. The Labute approximate surface area is 202 Å². The Morgan fingerprint density at radius 1 is 1.18 bits per heavy atom. The Morgan fingerprint density at radius 2 is 1.85 bits per heavy atom. The van der Waals surface area contributed by atoms with Crippen LogP contribution in [0.1, 0.15) is 129 Å². The molecule has 5 rings (SSSR count). The van der Waals surface area contributed by atoms with Crippen molar-refractivity contribution in [3.63, 3.8) is 0 Å². The molecule has 0 saturated heterocycles. The van der Waals surface area contributed by atoms with Crippen LogP contribution in [0, 0.1) is 5.41 Å². The molecule has 2 atom stereocenters. The second-order valence-electron chi connectivity index (χ2n) is 11.4. The first-order chi connectivity index (χ1) is 16.2. The summed E-state index contributed by atoms with van der Waals surface area (Å²) in [6.45, 7) is 11.1. The van der Waals surface area contributed by atoms with Gasteiger partial charge in [-0.1, -0.05) is 52.7 Å². The molecule has 2 N–H and O–H groups in total. The summed E-state index contributed by atoms with van der Waals surface area (Å²) in [5.41, 5.74) is 7.21. The lowest BCUT2D eigenvalue weighted by Crippen LogP contribution is -2.32. The molecule has 0 amide bonds. The van der Waals surface area contributed by atoms with Gasteiger partial charge < -0.3 is 14.6 Å². The number of carbonyl (C=O) groups excluding carboxylic acids is 1. The number of benzene rings is 1. The Bertz CT molecular complexity index is 1100. The van der Waals surface area contributed by atoms with Crippen molar-refractivity contribution >= 4 is 5.97 Å². The summed E-state index contributed by atoms with van der Waals surface area (Å²) < 4.78 is 12.2. The molecule has 2 aromatic rings. The quantitative estimate of drug-likeness (QED) is 0.410. The van der Waals surface area contributed by atoms with Crippen molar-refractivity contribution in [3.05, 3.63) is 63.5 Å². The molecule has 1 fully saturated rings. The second kappa shape index (κ2) is 8.46. The standard InChI is InChI=1S/C29H37NO4/c1-6-33-27(32)19-11-9-18(10-12-19)26-23-24(29(34-26)13-7-8-14-29)22-20(30-25(23)17(2)3)15-28(4,5)16-21(22)31/h9-12,17,21,26,31H,6-8,13-16H2,1-5H3/p+1. The highest BCUT2D eigenvalue weighted by Crippen LogP contribution is 2.59. The van der Waals surface area contributed by atoms with Crippen LogP contribution in [0.4, 0.5) is 0 Å². The number of fused-ring (bicyclic) bond motifs is 4. The van der Waals surface area contributed by atoms with Gasteiger partial charge in [0.05, 0.1) is 29.0 Å². The van der Waals surface area contributed by atoms with Gasteiger partial charge in [-0.2, -0.15) is 0 Å².